The van der Waals surface area contributed by atoms with E-state index >= 15 is 0 Å². The van der Waals surface area contributed by atoms with Crippen molar-refractivity contribution in [2.75, 3.05) is 5.73 Å². The molecule has 17 heavy (non-hydrogen) atoms. The van der Waals surface area contributed by atoms with E-state index in [1.165, 1.54) is 15.3 Å². The summed E-state index contributed by atoms with van der Waals surface area (Å²) in [6, 6.07) is 7.90. The summed E-state index contributed by atoms with van der Waals surface area (Å²) in [6.07, 6.45) is 0. The van der Waals surface area contributed by atoms with E-state index in [2.05, 4.69) is 29.9 Å². The first-order valence-electron chi connectivity index (χ1n) is 5.46. The molecule has 0 amide bonds. The van der Waals surface area contributed by atoms with E-state index in [1.54, 1.807) is 11.3 Å². The van der Waals surface area contributed by atoms with Crippen molar-refractivity contribution < 1.29 is 0 Å². The van der Waals surface area contributed by atoms with E-state index in [9.17, 15) is 0 Å². The van der Waals surface area contributed by atoms with Gasteiger partial charge in [-0.15, -0.1) is 11.3 Å². The summed E-state index contributed by atoms with van der Waals surface area (Å²) in [6.45, 7) is 4.25. The maximum absolute atomic E-state index is 5.75. The number of nitrogens with one attached hydrogen (secondary N) is 1. The highest BCUT2D eigenvalue weighted by molar-refractivity contribution is 7.15. The van der Waals surface area contributed by atoms with Crippen molar-refractivity contribution in [1.29, 1.82) is 0 Å². The minimum absolute atomic E-state index is 0.756. The van der Waals surface area contributed by atoms with Gasteiger partial charge < -0.3 is 10.7 Å². The fraction of sp³-hybridized carbons (Fsp3) is 0.154. The van der Waals surface area contributed by atoms with Gasteiger partial charge in [0.25, 0.3) is 0 Å². The third kappa shape index (κ3) is 1.70. The lowest BCUT2D eigenvalue weighted by molar-refractivity contribution is 1.35. The molecule has 0 aliphatic rings. The summed E-state index contributed by atoms with van der Waals surface area (Å²) in [5.74, 6) is 0.923. The molecule has 1 aromatic carbocycles. The van der Waals surface area contributed by atoms with Crippen molar-refractivity contribution >= 4 is 28.1 Å². The number of aromatic nitrogens is 2. The molecule has 86 valence electrons. The number of nitrogens with zero attached hydrogens (tertiary/aromatic N) is 1. The van der Waals surface area contributed by atoms with Gasteiger partial charge in [0.05, 0.1) is 15.9 Å². The quantitative estimate of drug-likeness (QED) is 0.643. The molecule has 0 fully saturated rings. The van der Waals surface area contributed by atoms with E-state index in [0.29, 0.717) is 0 Å². The number of imidazole rings is 1. The van der Waals surface area contributed by atoms with Crippen molar-refractivity contribution in [3.8, 4) is 10.7 Å². The van der Waals surface area contributed by atoms with Crippen molar-refractivity contribution in [2.45, 2.75) is 13.8 Å². The van der Waals surface area contributed by atoms with Gasteiger partial charge in [-0.1, -0.05) is 0 Å². The second kappa shape index (κ2) is 3.60. The first-order chi connectivity index (χ1) is 8.13. The van der Waals surface area contributed by atoms with E-state index < -0.39 is 0 Å². The maximum atomic E-state index is 5.75. The Labute approximate surface area is 103 Å². The maximum Gasteiger partial charge on any atom is 0.148 e. The number of aromatic amines is 1. The predicted octanol–water partition coefficient (Wildman–Crippen LogP) is 3.49. The highest BCUT2D eigenvalue weighted by Gasteiger charge is 2.09. The second-order valence-electron chi connectivity index (χ2n) is 4.21. The Kier molecular flexibility index (Phi) is 2.19. The Balaban J connectivity index is 2.17. The van der Waals surface area contributed by atoms with E-state index in [4.69, 9.17) is 5.73 Å². The molecule has 0 saturated carbocycles. The number of fused-ring (bicyclic) bond motifs is 1. The molecule has 2 heterocycles. The number of thiophene rings is 1. The molecule has 0 unspecified atom stereocenters. The van der Waals surface area contributed by atoms with Gasteiger partial charge in [-0.25, -0.2) is 4.98 Å². The number of nitrogens with two attached hydrogens (primary N) is 1. The van der Waals surface area contributed by atoms with Crippen LogP contribution in [0.25, 0.3) is 21.7 Å². The third-order valence-electron chi connectivity index (χ3n) is 2.91. The Hall–Kier alpha value is -1.81. The second-order valence-corrected chi connectivity index (χ2v) is 5.47. The van der Waals surface area contributed by atoms with Crippen LogP contribution in [0, 0.1) is 13.8 Å². The molecule has 3 nitrogen and oxygen atoms in total. The van der Waals surface area contributed by atoms with Crippen molar-refractivity contribution in [2.24, 2.45) is 0 Å². The van der Waals surface area contributed by atoms with E-state index in [1.807, 2.05) is 18.2 Å². The van der Waals surface area contributed by atoms with Gasteiger partial charge in [0, 0.05) is 10.6 Å². The molecule has 0 bridgehead atoms. The van der Waals surface area contributed by atoms with Crippen molar-refractivity contribution in [1.82, 2.24) is 9.97 Å². The molecule has 0 aliphatic heterocycles. The largest absolute Gasteiger partial charge is 0.399 e. The molecule has 0 atom stereocenters. The van der Waals surface area contributed by atoms with Crippen LogP contribution in [0.15, 0.2) is 24.3 Å². The van der Waals surface area contributed by atoms with Crippen molar-refractivity contribution in [3.05, 3.63) is 34.7 Å². The number of aryl methyl sites for hydroxylation is 2. The summed E-state index contributed by atoms with van der Waals surface area (Å²) in [7, 11) is 0. The topological polar surface area (TPSA) is 54.7 Å². The summed E-state index contributed by atoms with van der Waals surface area (Å²) in [5.41, 5.74) is 9.77. The highest BCUT2D eigenvalue weighted by Crippen LogP contribution is 2.30. The molecule has 2 aromatic heterocycles. The lowest BCUT2D eigenvalue weighted by Gasteiger charge is -1.89. The summed E-state index contributed by atoms with van der Waals surface area (Å²) < 4.78 is 0. The fourth-order valence-electron chi connectivity index (χ4n) is 1.83. The number of anilines is 1. The molecular formula is C13H13N3S. The average molecular weight is 243 g/mol. The molecule has 0 radical (unpaired) electrons. The zero-order valence-electron chi connectivity index (χ0n) is 9.74. The number of H-pyrrole nitrogens is 1. The molecule has 0 aliphatic carbocycles. The third-order valence-corrected chi connectivity index (χ3v) is 4.06. The SMILES string of the molecule is Cc1cc(-c2nc3ccc(N)cc3[nH]2)sc1C. The summed E-state index contributed by atoms with van der Waals surface area (Å²) in [5, 5.41) is 0. The van der Waals surface area contributed by atoms with E-state index in [-0.39, 0.29) is 0 Å². The van der Waals surface area contributed by atoms with Crippen LogP contribution in [0.4, 0.5) is 5.69 Å². The lowest BCUT2D eigenvalue weighted by atomic mass is 10.3. The van der Waals surface area contributed by atoms with Crippen LogP contribution in [0.5, 0.6) is 0 Å². The molecule has 0 spiro atoms. The van der Waals surface area contributed by atoms with Crippen molar-refractivity contribution in [3.63, 3.8) is 0 Å². The monoisotopic (exact) mass is 243 g/mol. The van der Waals surface area contributed by atoms with Gasteiger partial charge in [-0.2, -0.15) is 0 Å². The van der Waals surface area contributed by atoms with Crippen LogP contribution in [0.2, 0.25) is 0 Å². The predicted molar refractivity (Wildman–Crippen MR) is 73.3 cm³/mol. The Morgan fingerprint density at radius 1 is 1.24 bits per heavy atom. The van der Waals surface area contributed by atoms with Gasteiger partial charge in [0.1, 0.15) is 5.82 Å². The number of hydrogen-bond donors (Lipinski definition) is 2. The summed E-state index contributed by atoms with van der Waals surface area (Å²) in [4.78, 5) is 10.4. The number of nitrogen functional groups attached to an aromatic ring is 1. The molecular weight excluding hydrogens is 230 g/mol. The zero-order chi connectivity index (χ0) is 12.0. The van der Waals surface area contributed by atoms with Crippen LogP contribution in [0.1, 0.15) is 10.4 Å². The van der Waals surface area contributed by atoms with Gasteiger partial charge in [0.2, 0.25) is 0 Å². The summed E-state index contributed by atoms with van der Waals surface area (Å²) >= 11 is 1.76. The molecule has 3 N–H and O–H groups in total. The number of hydrogen-bond acceptors (Lipinski definition) is 3. The zero-order valence-corrected chi connectivity index (χ0v) is 10.6. The minimum atomic E-state index is 0.756. The molecule has 3 rings (SSSR count). The van der Waals surface area contributed by atoms with Crippen LogP contribution in [-0.2, 0) is 0 Å². The van der Waals surface area contributed by atoms with Crippen LogP contribution >= 0.6 is 11.3 Å². The van der Waals surface area contributed by atoms with E-state index in [0.717, 1.165) is 22.5 Å². The number of rotatable bonds is 1. The smallest absolute Gasteiger partial charge is 0.148 e. The van der Waals surface area contributed by atoms with Gasteiger partial charge in [0.15, 0.2) is 0 Å². The Morgan fingerprint density at radius 3 is 2.76 bits per heavy atom. The van der Waals surface area contributed by atoms with Gasteiger partial charge in [-0.05, 0) is 43.7 Å². The minimum Gasteiger partial charge on any atom is -0.399 e. The first-order valence-corrected chi connectivity index (χ1v) is 6.28. The molecule has 4 heteroatoms. The highest BCUT2D eigenvalue weighted by atomic mass is 32.1. The normalized spacial score (nSPS) is 11.2. The molecule has 0 saturated heterocycles. The Morgan fingerprint density at radius 2 is 2.06 bits per heavy atom. The number of benzene rings is 1. The fourth-order valence-corrected chi connectivity index (χ4v) is 2.81. The van der Waals surface area contributed by atoms with Crippen LogP contribution in [0.3, 0.4) is 0 Å². The van der Waals surface area contributed by atoms with Gasteiger partial charge >= 0.3 is 0 Å². The Bertz CT molecular complexity index is 674. The van der Waals surface area contributed by atoms with Crippen LogP contribution < -0.4 is 5.73 Å². The first kappa shape index (κ1) is 10.4. The standard InChI is InChI=1S/C13H13N3S/c1-7-5-12(17-8(7)2)13-15-10-4-3-9(14)6-11(10)16-13/h3-6H,14H2,1-2H3,(H,15,16). The molecule has 3 aromatic rings. The average Bonchev–Trinajstić information content (AvgIpc) is 2.83. The van der Waals surface area contributed by atoms with Gasteiger partial charge in [-0.3, -0.25) is 0 Å². The van der Waals surface area contributed by atoms with Crippen LogP contribution in [-0.4, -0.2) is 9.97 Å². The lowest BCUT2D eigenvalue weighted by Crippen LogP contribution is -1.82.